The lowest BCUT2D eigenvalue weighted by molar-refractivity contribution is -0.119. The Labute approximate surface area is 179 Å². The molecule has 0 radical (unpaired) electrons. The van der Waals surface area contributed by atoms with Gasteiger partial charge in [-0.3, -0.25) is 4.79 Å². The first-order chi connectivity index (χ1) is 14.5. The van der Waals surface area contributed by atoms with E-state index in [1.165, 1.54) is 11.3 Å². The van der Waals surface area contributed by atoms with Gasteiger partial charge in [-0.25, -0.2) is 9.59 Å². The molecule has 1 aliphatic carbocycles. The molecular weight excluding hydrogens is 406 g/mol. The molecule has 1 amide bonds. The fourth-order valence-corrected chi connectivity index (χ4v) is 4.65. The van der Waals surface area contributed by atoms with E-state index in [4.69, 9.17) is 14.2 Å². The van der Waals surface area contributed by atoms with Crippen molar-refractivity contribution in [1.29, 1.82) is 0 Å². The van der Waals surface area contributed by atoms with Crippen molar-refractivity contribution in [1.82, 2.24) is 0 Å². The molecule has 1 N–H and O–H groups in total. The fraction of sp³-hybridized carbons (Fsp3) is 0.409. The van der Waals surface area contributed by atoms with Crippen LogP contribution in [0.5, 0.6) is 5.75 Å². The highest BCUT2D eigenvalue weighted by Gasteiger charge is 2.27. The van der Waals surface area contributed by atoms with Crippen molar-refractivity contribution in [2.24, 2.45) is 0 Å². The zero-order chi connectivity index (χ0) is 21.5. The number of fused-ring (bicyclic) bond motifs is 1. The third kappa shape index (κ3) is 4.99. The van der Waals surface area contributed by atoms with Crippen LogP contribution in [-0.2, 0) is 27.1 Å². The number of carbonyl (C=O) groups is 3. The van der Waals surface area contributed by atoms with Crippen molar-refractivity contribution in [3.8, 4) is 5.75 Å². The van der Waals surface area contributed by atoms with Gasteiger partial charge in [-0.05, 0) is 57.2 Å². The summed E-state index contributed by atoms with van der Waals surface area (Å²) in [4.78, 5) is 38.4. The molecule has 0 aliphatic heterocycles. The van der Waals surface area contributed by atoms with Crippen molar-refractivity contribution in [3.63, 3.8) is 0 Å². The number of thiophene rings is 1. The normalized spacial score (nSPS) is 12.6. The number of hydrogen-bond donors (Lipinski definition) is 1. The summed E-state index contributed by atoms with van der Waals surface area (Å²) in [5, 5.41) is 3.18. The Morgan fingerprint density at radius 3 is 2.53 bits per heavy atom. The molecule has 3 rings (SSSR count). The summed E-state index contributed by atoms with van der Waals surface area (Å²) >= 11 is 1.39. The molecule has 0 atom stereocenters. The first kappa shape index (κ1) is 21.8. The molecule has 0 spiro atoms. The SMILES string of the molecule is CCOC(=O)c1c(NC(=O)COC(=O)c2ccccc2OCC)sc2c1CCCC2. The summed E-state index contributed by atoms with van der Waals surface area (Å²) in [5.74, 6) is -1.19. The molecule has 1 heterocycles. The van der Waals surface area contributed by atoms with Gasteiger partial charge < -0.3 is 19.5 Å². The van der Waals surface area contributed by atoms with Crippen LogP contribution in [-0.4, -0.2) is 37.7 Å². The molecule has 7 nitrogen and oxygen atoms in total. The second-order valence-corrected chi connectivity index (χ2v) is 7.79. The monoisotopic (exact) mass is 431 g/mol. The molecule has 30 heavy (non-hydrogen) atoms. The van der Waals surface area contributed by atoms with Gasteiger partial charge in [-0.1, -0.05) is 12.1 Å². The molecule has 2 aromatic rings. The predicted octanol–water partition coefficient (Wildman–Crippen LogP) is 4.00. The Balaban J connectivity index is 1.69. The van der Waals surface area contributed by atoms with E-state index in [1.54, 1.807) is 31.2 Å². The highest BCUT2D eigenvalue weighted by Crippen LogP contribution is 2.38. The van der Waals surface area contributed by atoms with E-state index in [0.29, 0.717) is 22.9 Å². The van der Waals surface area contributed by atoms with Gasteiger partial charge in [0.15, 0.2) is 6.61 Å². The molecule has 1 aromatic heterocycles. The number of benzene rings is 1. The number of nitrogens with one attached hydrogen (secondary N) is 1. The Morgan fingerprint density at radius 2 is 1.77 bits per heavy atom. The van der Waals surface area contributed by atoms with E-state index < -0.39 is 24.5 Å². The smallest absolute Gasteiger partial charge is 0.342 e. The number of hydrogen-bond acceptors (Lipinski definition) is 7. The first-order valence-electron chi connectivity index (χ1n) is 10.1. The van der Waals surface area contributed by atoms with E-state index in [-0.39, 0.29) is 12.2 Å². The number of rotatable bonds is 8. The number of para-hydroxylation sites is 1. The molecule has 0 saturated heterocycles. The third-order valence-electron chi connectivity index (χ3n) is 4.64. The summed E-state index contributed by atoms with van der Waals surface area (Å²) in [6, 6.07) is 6.70. The first-order valence-corrected chi connectivity index (χ1v) is 10.9. The lowest BCUT2D eigenvalue weighted by Crippen LogP contribution is -2.22. The van der Waals surface area contributed by atoms with Crippen LogP contribution in [0.2, 0.25) is 0 Å². The molecule has 1 aromatic carbocycles. The summed E-state index contributed by atoms with van der Waals surface area (Å²) in [6.07, 6.45) is 3.73. The largest absolute Gasteiger partial charge is 0.493 e. The lowest BCUT2D eigenvalue weighted by Gasteiger charge is -2.12. The maximum absolute atomic E-state index is 12.5. The van der Waals surface area contributed by atoms with Crippen LogP contribution in [0.3, 0.4) is 0 Å². The van der Waals surface area contributed by atoms with Crippen LogP contribution in [0.4, 0.5) is 5.00 Å². The van der Waals surface area contributed by atoms with Gasteiger partial charge in [0.1, 0.15) is 16.3 Å². The minimum absolute atomic E-state index is 0.256. The number of carbonyl (C=O) groups excluding carboxylic acids is 3. The number of ether oxygens (including phenoxy) is 3. The van der Waals surface area contributed by atoms with Gasteiger partial charge in [-0.15, -0.1) is 11.3 Å². The average molecular weight is 432 g/mol. The van der Waals surface area contributed by atoms with Gasteiger partial charge in [0, 0.05) is 4.88 Å². The molecular formula is C22H25NO6S. The zero-order valence-corrected chi connectivity index (χ0v) is 17.9. The number of esters is 2. The van der Waals surface area contributed by atoms with E-state index in [2.05, 4.69) is 5.32 Å². The van der Waals surface area contributed by atoms with Crippen molar-refractivity contribution in [2.45, 2.75) is 39.5 Å². The summed E-state index contributed by atoms with van der Waals surface area (Å²) < 4.78 is 15.8. The maximum atomic E-state index is 12.5. The molecule has 0 bridgehead atoms. The van der Waals surface area contributed by atoms with Gasteiger partial charge in [0.25, 0.3) is 5.91 Å². The predicted molar refractivity (Wildman–Crippen MR) is 113 cm³/mol. The van der Waals surface area contributed by atoms with E-state index in [9.17, 15) is 14.4 Å². The van der Waals surface area contributed by atoms with Gasteiger partial charge in [-0.2, -0.15) is 0 Å². The number of anilines is 1. The van der Waals surface area contributed by atoms with Crippen LogP contribution in [0.1, 0.15) is 57.8 Å². The van der Waals surface area contributed by atoms with E-state index in [1.807, 2.05) is 6.92 Å². The summed E-state index contributed by atoms with van der Waals surface area (Å²) in [6.45, 7) is 3.76. The lowest BCUT2D eigenvalue weighted by atomic mass is 9.95. The molecule has 0 unspecified atom stereocenters. The van der Waals surface area contributed by atoms with Crippen molar-refractivity contribution >= 4 is 34.2 Å². The summed E-state index contributed by atoms with van der Waals surface area (Å²) in [7, 11) is 0. The van der Waals surface area contributed by atoms with E-state index >= 15 is 0 Å². The minimum Gasteiger partial charge on any atom is -0.493 e. The van der Waals surface area contributed by atoms with Crippen molar-refractivity contribution < 1.29 is 28.6 Å². The Kier molecular flexibility index (Phi) is 7.46. The molecule has 0 fully saturated rings. The van der Waals surface area contributed by atoms with Crippen LogP contribution in [0.25, 0.3) is 0 Å². The Bertz CT molecular complexity index is 936. The van der Waals surface area contributed by atoms with Crippen molar-refractivity contribution in [2.75, 3.05) is 25.1 Å². The summed E-state index contributed by atoms with van der Waals surface area (Å²) in [5.41, 5.74) is 1.64. The van der Waals surface area contributed by atoms with Crippen LogP contribution in [0.15, 0.2) is 24.3 Å². The Morgan fingerprint density at radius 1 is 1.00 bits per heavy atom. The van der Waals surface area contributed by atoms with Crippen LogP contribution < -0.4 is 10.1 Å². The van der Waals surface area contributed by atoms with Gasteiger partial charge in [0.05, 0.1) is 18.8 Å². The quantitative estimate of drug-likeness (QED) is 0.636. The van der Waals surface area contributed by atoms with E-state index in [0.717, 1.165) is 36.1 Å². The standard InChI is InChI=1S/C22H25NO6S/c1-3-27-16-11-7-5-9-14(16)21(25)29-13-18(24)23-20-19(22(26)28-4-2)15-10-6-8-12-17(15)30-20/h5,7,9,11H,3-4,6,8,10,12-13H2,1-2H3,(H,23,24). The van der Waals surface area contributed by atoms with Crippen LogP contribution >= 0.6 is 11.3 Å². The maximum Gasteiger partial charge on any atom is 0.342 e. The highest BCUT2D eigenvalue weighted by molar-refractivity contribution is 7.17. The average Bonchev–Trinajstić information content (AvgIpc) is 3.10. The second kappa shape index (κ2) is 10.2. The second-order valence-electron chi connectivity index (χ2n) is 6.69. The van der Waals surface area contributed by atoms with Gasteiger partial charge in [0.2, 0.25) is 0 Å². The third-order valence-corrected chi connectivity index (χ3v) is 5.85. The highest BCUT2D eigenvalue weighted by atomic mass is 32.1. The topological polar surface area (TPSA) is 90.9 Å². The zero-order valence-electron chi connectivity index (χ0n) is 17.1. The number of aryl methyl sites for hydroxylation is 1. The van der Waals surface area contributed by atoms with Crippen molar-refractivity contribution in [3.05, 3.63) is 45.8 Å². The molecule has 1 aliphatic rings. The molecule has 160 valence electrons. The minimum atomic E-state index is -0.648. The molecule has 0 saturated carbocycles. The molecule has 8 heteroatoms. The van der Waals surface area contributed by atoms with Gasteiger partial charge >= 0.3 is 11.9 Å². The fourth-order valence-electron chi connectivity index (χ4n) is 3.36. The Hall–Kier alpha value is -2.87. The number of amides is 1. The van der Waals surface area contributed by atoms with Crippen LogP contribution in [0, 0.1) is 0 Å².